The van der Waals surface area contributed by atoms with Crippen molar-refractivity contribution in [2.75, 3.05) is 11.9 Å². The van der Waals surface area contributed by atoms with Gasteiger partial charge in [-0.25, -0.2) is 4.79 Å². The van der Waals surface area contributed by atoms with Crippen LogP contribution in [0.1, 0.15) is 25.5 Å². The Balaban J connectivity index is 2.80. The Hall–Kier alpha value is -1.55. The molecule has 0 saturated carbocycles. The fraction of sp³-hybridized carbons (Fsp3) is 0.364. The highest BCUT2D eigenvalue weighted by atomic mass is 16.2. The number of hydrogen-bond donors (Lipinski definition) is 3. The molecular weight excluding hydrogens is 190 g/mol. The first-order valence-corrected chi connectivity index (χ1v) is 5.04. The van der Waals surface area contributed by atoms with Crippen LogP contribution in [-0.2, 0) is 0 Å². The van der Waals surface area contributed by atoms with Crippen molar-refractivity contribution < 1.29 is 4.79 Å². The quantitative estimate of drug-likeness (QED) is 0.708. The first kappa shape index (κ1) is 11.5. The lowest BCUT2D eigenvalue weighted by atomic mass is 10.1. The number of carbonyl (C=O) groups is 1. The number of para-hydroxylation sites is 1. The van der Waals surface area contributed by atoms with Gasteiger partial charge in [-0.05, 0) is 25.5 Å². The first-order chi connectivity index (χ1) is 7.15. The lowest BCUT2D eigenvalue weighted by Gasteiger charge is -2.13. The normalized spacial score (nSPS) is 11.9. The Morgan fingerprint density at radius 3 is 2.73 bits per heavy atom. The third-order valence-corrected chi connectivity index (χ3v) is 2.04. The smallest absolute Gasteiger partial charge is 0.319 e. The van der Waals surface area contributed by atoms with Crippen molar-refractivity contribution in [3.05, 3.63) is 29.8 Å². The predicted molar refractivity (Wildman–Crippen MR) is 61.7 cm³/mol. The molecule has 0 fully saturated rings. The Kier molecular flexibility index (Phi) is 4.12. The van der Waals surface area contributed by atoms with Gasteiger partial charge in [-0.15, -0.1) is 0 Å². The molecule has 1 rings (SSSR count). The van der Waals surface area contributed by atoms with Crippen LogP contribution < -0.4 is 16.4 Å². The summed E-state index contributed by atoms with van der Waals surface area (Å²) in [6.07, 6.45) is 0. The van der Waals surface area contributed by atoms with Crippen molar-refractivity contribution in [3.63, 3.8) is 0 Å². The number of nitrogens with one attached hydrogen (secondary N) is 2. The number of anilines is 1. The van der Waals surface area contributed by atoms with E-state index in [-0.39, 0.29) is 12.1 Å². The van der Waals surface area contributed by atoms with E-state index in [1.807, 2.05) is 38.1 Å². The van der Waals surface area contributed by atoms with Gasteiger partial charge in [-0.3, -0.25) is 0 Å². The molecule has 0 heterocycles. The summed E-state index contributed by atoms with van der Waals surface area (Å²) >= 11 is 0. The largest absolute Gasteiger partial charge is 0.338 e. The van der Waals surface area contributed by atoms with Crippen LogP contribution in [-0.4, -0.2) is 12.6 Å². The van der Waals surface area contributed by atoms with Gasteiger partial charge in [0.2, 0.25) is 0 Å². The molecule has 4 N–H and O–H groups in total. The van der Waals surface area contributed by atoms with Gasteiger partial charge in [0, 0.05) is 18.3 Å². The molecule has 1 aromatic rings. The minimum absolute atomic E-state index is 0.0943. The standard InChI is InChI=1S/C11H17N3O/c1-3-13-11(15)14-10-7-5-4-6-9(10)8(2)12/h4-8H,3,12H2,1-2H3,(H2,13,14,15). The molecule has 0 saturated heterocycles. The summed E-state index contributed by atoms with van der Waals surface area (Å²) < 4.78 is 0. The van der Waals surface area contributed by atoms with Crippen LogP contribution in [0.15, 0.2) is 24.3 Å². The van der Waals surface area contributed by atoms with Gasteiger partial charge < -0.3 is 16.4 Å². The molecule has 1 unspecified atom stereocenters. The number of hydrogen-bond acceptors (Lipinski definition) is 2. The van der Waals surface area contributed by atoms with E-state index in [9.17, 15) is 4.79 Å². The van der Waals surface area contributed by atoms with E-state index < -0.39 is 0 Å². The highest BCUT2D eigenvalue weighted by Gasteiger charge is 2.07. The molecule has 15 heavy (non-hydrogen) atoms. The zero-order valence-corrected chi connectivity index (χ0v) is 9.08. The summed E-state index contributed by atoms with van der Waals surface area (Å²) in [7, 11) is 0. The van der Waals surface area contributed by atoms with E-state index in [0.29, 0.717) is 6.54 Å². The van der Waals surface area contributed by atoms with E-state index in [4.69, 9.17) is 5.73 Å². The van der Waals surface area contributed by atoms with Gasteiger partial charge in [0.05, 0.1) is 0 Å². The van der Waals surface area contributed by atoms with Crippen LogP contribution in [0.4, 0.5) is 10.5 Å². The molecular formula is C11H17N3O. The molecule has 1 aromatic carbocycles. The second-order valence-electron chi connectivity index (χ2n) is 3.36. The number of nitrogens with two attached hydrogens (primary N) is 1. The Bertz CT molecular complexity index is 336. The van der Waals surface area contributed by atoms with Crippen molar-refractivity contribution in [2.45, 2.75) is 19.9 Å². The van der Waals surface area contributed by atoms with Crippen LogP contribution in [0.25, 0.3) is 0 Å². The highest BCUT2D eigenvalue weighted by Crippen LogP contribution is 2.20. The average molecular weight is 207 g/mol. The zero-order valence-electron chi connectivity index (χ0n) is 9.08. The molecule has 0 spiro atoms. The lowest BCUT2D eigenvalue weighted by molar-refractivity contribution is 0.252. The summed E-state index contributed by atoms with van der Waals surface area (Å²) in [6.45, 7) is 4.36. The van der Waals surface area contributed by atoms with Crippen LogP contribution in [0.5, 0.6) is 0 Å². The predicted octanol–water partition coefficient (Wildman–Crippen LogP) is 1.85. The van der Waals surface area contributed by atoms with E-state index >= 15 is 0 Å². The highest BCUT2D eigenvalue weighted by molar-refractivity contribution is 5.90. The van der Waals surface area contributed by atoms with Gasteiger partial charge in [-0.2, -0.15) is 0 Å². The monoisotopic (exact) mass is 207 g/mol. The van der Waals surface area contributed by atoms with Gasteiger partial charge in [-0.1, -0.05) is 18.2 Å². The van der Waals surface area contributed by atoms with Crippen molar-refractivity contribution in [3.8, 4) is 0 Å². The third kappa shape index (κ3) is 3.25. The molecule has 2 amide bonds. The Morgan fingerprint density at radius 1 is 1.47 bits per heavy atom. The minimum Gasteiger partial charge on any atom is -0.338 e. The van der Waals surface area contributed by atoms with Gasteiger partial charge >= 0.3 is 6.03 Å². The number of urea groups is 1. The van der Waals surface area contributed by atoms with E-state index in [0.717, 1.165) is 11.3 Å². The van der Waals surface area contributed by atoms with Crippen LogP contribution in [0.3, 0.4) is 0 Å². The molecule has 0 aromatic heterocycles. The van der Waals surface area contributed by atoms with E-state index in [1.165, 1.54) is 0 Å². The minimum atomic E-state index is -0.203. The zero-order chi connectivity index (χ0) is 11.3. The second-order valence-corrected chi connectivity index (χ2v) is 3.36. The summed E-state index contributed by atoms with van der Waals surface area (Å²) in [5.41, 5.74) is 7.49. The third-order valence-electron chi connectivity index (χ3n) is 2.04. The Morgan fingerprint density at radius 2 is 2.13 bits per heavy atom. The molecule has 4 nitrogen and oxygen atoms in total. The van der Waals surface area contributed by atoms with Crippen LogP contribution in [0.2, 0.25) is 0 Å². The van der Waals surface area contributed by atoms with Crippen molar-refractivity contribution in [1.82, 2.24) is 5.32 Å². The van der Waals surface area contributed by atoms with Crippen molar-refractivity contribution in [2.24, 2.45) is 5.73 Å². The second kappa shape index (κ2) is 5.36. The lowest BCUT2D eigenvalue weighted by Crippen LogP contribution is -2.29. The number of amides is 2. The molecule has 0 radical (unpaired) electrons. The summed E-state index contributed by atoms with van der Waals surface area (Å²) in [4.78, 5) is 11.3. The van der Waals surface area contributed by atoms with Gasteiger partial charge in [0.15, 0.2) is 0 Å². The average Bonchev–Trinajstić information content (AvgIpc) is 2.18. The summed E-state index contributed by atoms with van der Waals surface area (Å²) in [5, 5.41) is 5.43. The van der Waals surface area contributed by atoms with Crippen molar-refractivity contribution in [1.29, 1.82) is 0 Å². The topological polar surface area (TPSA) is 67.2 Å². The molecule has 0 bridgehead atoms. The van der Waals surface area contributed by atoms with Crippen molar-refractivity contribution >= 4 is 11.7 Å². The summed E-state index contributed by atoms with van der Waals surface area (Å²) in [6, 6.07) is 7.23. The van der Waals surface area contributed by atoms with E-state index in [1.54, 1.807) is 0 Å². The van der Waals surface area contributed by atoms with Gasteiger partial charge in [0.25, 0.3) is 0 Å². The maximum absolute atomic E-state index is 11.3. The molecule has 1 atom stereocenters. The fourth-order valence-corrected chi connectivity index (χ4v) is 1.33. The maximum atomic E-state index is 11.3. The SMILES string of the molecule is CCNC(=O)Nc1ccccc1C(C)N. The number of carbonyl (C=O) groups excluding carboxylic acids is 1. The van der Waals surface area contributed by atoms with Crippen LogP contribution >= 0.6 is 0 Å². The molecule has 4 heteroatoms. The summed E-state index contributed by atoms with van der Waals surface area (Å²) in [5.74, 6) is 0. The molecule has 0 aliphatic rings. The van der Waals surface area contributed by atoms with Crippen LogP contribution in [0, 0.1) is 0 Å². The number of benzene rings is 1. The first-order valence-electron chi connectivity index (χ1n) is 5.04. The molecule has 0 aliphatic carbocycles. The molecule has 82 valence electrons. The Labute approximate surface area is 89.9 Å². The van der Waals surface area contributed by atoms with E-state index in [2.05, 4.69) is 10.6 Å². The van der Waals surface area contributed by atoms with Gasteiger partial charge in [0.1, 0.15) is 0 Å². The maximum Gasteiger partial charge on any atom is 0.319 e. The number of rotatable bonds is 3. The fourth-order valence-electron chi connectivity index (χ4n) is 1.33. The molecule has 0 aliphatic heterocycles.